The number of amides is 2. The minimum Gasteiger partial charge on any atom is -0.394 e. The molecule has 0 radical (unpaired) electrons. The number of aliphatic hydroxyl groups is 1. The van der Waals surface area contributed by atoms with Crippen LogP contribution >= 0.6 is 0 Å². The Bertz CT molecular complexity index is 326. The van der Waals surface area contributed by atoms with Crippen molar-refractivity contribution < 1.29 is 14.7 Å². The van der Waals surface area contributed by atoms with Crippen molar-refractivity contribution in [3.8, 4) is 0 Å². The van der Waals surface area contributed by atoms with Gasteiger partial charge in [-0.1, -0.05) is 6.92 Å². The number of aliphatic hydroxyl groups excluding tert-OH is 1. The van der Waals surface area contributed by atoms with Crippen LogP contribution in [0.3, 0.4) is 0 Å². The zero-order chi connectivity index (χ0) is 12.5. The first-order valence-electron chi connectivity index (χ1n) is 6.26. The SMILES string of the molecule is CC1CC1C(=O)NCCC(=O)NC1(CO)CC1. The van der Waals surface area contributed by atoms with Crippen LogP contribution in [-0.2, 0) is 9.59 Å². The molecule has 2 aliphatic carbocycles. The topological polar surface area (TPSA) is 78.4 Å². The van der Waals surface area contributed by atoms with Crippen LogP contribution < -0.4 is 10.6 Å². The lowest BCUT2D eigenvalue weighted by atomic mass is 10.2. The second kappa shape index (κ2) is 4.64. The average Bonchev–Trinajstić information content (AvgIpc) is 3.17. The average molecular weight is 240 g/mol. The Morgan fingerprint density at radius 1 is 1.41 bits per heavy atom. The van der Waals surface area contributed by atoms with Crippen LogP contribution in [0.1, 0.15) is 32.6 Å². The van der Waals surface area contributed by atoms with Gasteiger partial charge in [0.25, 0.3) is 0 Å². The fourth-order valence-electron chi connectivity index (χ4n) is 1.95. The van der Waals surface area contributed by atoms with Crippen molar-refractivity contribution in [3.05, 3.63) is 0 Å². The quantitative estimate of drug-likeness (QED) is 0.601. The summed E-state index contributed by atoms with van der Waals surface area (Å²) in [6, 6.07) is 0. The standard InChI is InChI=1S/C12H20N2O3/c1-8-6-9(8)11(17)13-5-2-10(16)14-12(7-15)3-4-12/h8-9,15H,2-7H2,1H3,(H,13,17)(H,14,16). The first kappa shape index (κ1) is 12.4. The highest BCUT2D eigenvalue weighted by atomic mass is 16.3. The molecule has 0 aromatic rings. The zero-order valence-corrected chi connectivity index (χ0v) is 10.2. The van der Waals surface area contributed by atoms with E-state index in [-0.39, 0.29) is 36.3 Å². The van der Waals surface area contributed by atoms with E-state index < -0.39 is 0 Å². The summed E-state index contributed by atoms with van der Waals surface area (Å²) < 4.78 is 0. The minimum atomic E-state index is -0.355. The number of hydrogen-bond acceptors (Lipinski definition) is 3. The third kappa shape index (κ3) is 3.19. The first-order valence-corrected chi connectivity index (χ1v) is 6.26. The van der Waals surface area contributed by atoms with Crippen molar-refractivity contribution in [1.82, 2.24) is 10.6 Å². The molecule has 0 heterocycles. The Kier molecular flexibility index (Phi) is 3.38. The van der Waals surface area contributed by atoms with E-state index in [1.165, 1.54) is 0 Å². The van der Waals surface area contributed by atoms with Gasteiger partial charge in [-0.05, 0) is 25.2 Å². The maximum absolute atomic E-state index is 11.5. The van der Waals surface area contributed by atoms with Gasteiger partial charge in [0.05, 0.1) is 12.1 Å². The van der Waals surface area contributed by atoms with Gasteiger partial charge in [-0.3, -0.25) is 9.59 Å². The molecule has 96 valence electrons. The molecular formula is C12H20N2O3. The molecule has 2 saturated carbocycles. The summed E-state index contributed by atoms with van der Waals surface area (Å²) in [6.07, 6.45) is 2.95. The Hall–Kier alpha value is -1.10. The van der Waals surface area contributed by atoms with Gasteiger partial charge in [0.2, 0.25) is 11.8 Å². The van der Waals surface area contributed by atoms with E-state index in [0.717, 1.165) is 19.3 Å². The molecule has 2 amide bonds. The third-order valence-corrected chi connectivity index (χ3v) is 3.66. The highest BCUT2D eigenvalue weighted by Gasteiger charge is 2.43. The Morgan fingerprint density at radius 2 is 2.06 bits per heavy atom. The van der Waals surface area contributed by atoms with Crippen molar-refractivity contribution in [2.75, 3.05) is 13.2 Å². The van der Waals surface area contributed by atoms with Gasteiger partial charge in [-0.15, -0.1) is 0 Å². The molecule has 5 nitrogen and oxygen atoms in total. The van der Waals surface area contributed by atoms with Gasteiger partial charge >= 0.3 is 0 Å². The van der Waals surface area contributed by atoms with Crippen molar-refractivity contribution in [2.45, 2.75) is 38.1 Å². The van der Waals surface area contributed by atoms with Gasteiger partial charge in [0.1, 0.15) is 0 Å². The molecule has 0 spiro atoms. The highest BCUT2D eigenvalue weighted by Crippen LogP contribution is 2.37. The maximum atomic E-state index is 11.5. The molecule has 2 aliphatic rings. The monoisotopic (exact) mass is 240 g/mol. The lowest BCUT2D eigenvalue weighted by Gasteiger charge is -2.14. The predicted octanol–water partition coefficient (Wildman–Crippen LogP) is -0.210. The first-order chi connectivity index (χ1) is 8.06. The number of carbonyl (C=O) groups excluding carboxylic acids is 2. The Balaban J connectivity index is 1.58. The van der Waals surface area contributed by atoms with Gasteiger partial charge in [-0.25, -0.2) is 0 Å². The molecule has 0 saturated heterocycles. The maximum Gasteiger partial charge on any atom is 0.223 e. The van der Waals surface area contributed by atoms with Crippen LogP contribution in [0.15, 0.2) is 0 Å². The lowest BCUT2D eigenvalue weighted by molar-refractivity contribution is -0.123. The normalized spacial score (nSPS) is 28.4. The zero-order valence-electron chi connectivity index (χ0n) is 10.2. The van der Waals surface area contributed by atoms with E-state index in [1.807, 2.05) is 0 Å². The van der Waals surface area contributed by atoms with Crippen LogP contribution in [0.5, 0.6) is 0 Å². The van der Waals surface area contributed by atoms with Crippen molar-refractivity contribution in [2.24, 2.45) is 11.8 Å². The molecule has 2 fully saturated rings. The molecule has 2 atom stereocenters. The number of carbonyl (C=O) groups is 2. The summed E-state index contributed by atoms with van der Waals surface area (Å²) in [6.45, 7) is 2.44. The Labute approximate surface area is 101 Å². The third-order valence-electron chi connectivity index (χ3n) is 3.66. The van der Waals surface area contributed by atoms with Crippen LogP contribution in [0.25, 0.3) is 0 Å². The molecule has 2 unspecified atom stereocenters. The number of nitrogens with one attached hydrogen (secondary N) is 2. The molecule has 17 heavy (non-hydrogen) atoms. The summed E-state index contributed by atoms with van der Waals surface area (Å²) in [5.41, 5.74) is -0.355. The molecule has 0 aliphatic heterocycles. The molecule has 0 bridgehead atoms. The van der Waals surface area contributed by atoms with E-state index in [4.69, 9.17) is 5.11 Å². The van der Waals surface area contributed by atoms with Gasteiger partial charge in [0.15, 0.2) is 0 Å². The molecule has 3 N–H and O–H groups in total. The molecule has 5 heteroatoms. The lowest BCUT2D eigenvalue weighted by Crippen LogP contribution is -2.41. The summed E-state index contributed by atoms with van der Waals surface area (Å²) in [4.78, 5) is 23.0. The van der Waals surface area contributed by atoms with E-state index in [2.05, 4.69) is 17.6 Å². The molecular weight excluding hydrogens is 220 g/mol. The van der Waals surface area contributed by atoms with Gasteiger partial charge in [0, 0.05) is 18.9 Å². The molecule has 0 aromatic heterocycles. The van der Waals surface area contributed by atoms with Crippen molar-refractivity contribution >= 4 is 11.8 Å². The summed E-state index contributed by atoms with van der Waals surface area (Å²) in [5.74, 6) is 0.618. The van der Waals surface area contributed by atoms with Crippen LogP contribution in [0, 0.1) is 11.8 Å². The van der Waals surface area contributed by atoms with E-state index in [9.17, 15) is 9.59 Å². The second-order valence-corrected chi connectivity index (χ2v) is 5.35. The predicted molar refractivity (Wildman–Crippen MR) is 62.1 cm³/mol. The van der Waals surface area contributed by atoms with Crippen LogP contribution in [0.2, 0.25) is 0 Å². The highest BCUT2D eigenvalue weighted by molar-refractivity contribution is 5.82. The fourth-order valence-corrected chi connectivity index (χ4v) is 1.95. The number of hydrogen-bond donors (Lipinski definition) is 3. The van der Waals surface area contributed by atoms with E-state index >= 15 is 0 Å². The van der Waals surface area contributed by atoms with E-state index in [0.29, 0.717) is 12.5 Å². The smallest absolute Gasteiger partial charge is 0.223 e. The Morgan fingerprint density at radius 3 is 2.53 bits per heavy atom. The van der Waals surface area contributed by atoms with Crippen molar-refractivity contribution in [1.29, 1.82) is 0 Å². The van der Waals surface area contributed by atoms with E-state index in [1.54, 1.807) is 0 Å². The van der Waals surface area contributed by atoms with Crippen LogP contribution in [0.4, 0.5) is 0 Å². The molecule has 2 rings (SSSR count). The van der Waals surface area contributed by atoms with Gasteiger partial charge < -0.3 is 15.7 Å². The van der Waals surface area contributed by atoms with Crippen molar-refractivity contribution in [3.63, 3.8) is 0 Å². The summed E-state index contributed by atoms with van der Waals surface area (Å²) in [7, 11) is 0. The second-order valence-electron chi connectivity index (χ2n) is 5.35. The summed E-state index contributed by atoms with van der Waals surface area (Å²) in [5, 5.41) is 14.6. The van der Waals surface area contributed by atoms with Gasteiger partial charge in [-0.2, -0.15) is 0 Å². The molecule has 0 aromatic carbocycles. The largest absolute Gasteiger partial charge is 0.394 e. The summed E-state index contributed by atoms with van der Waals surface area (Å²) >= 11 is 0. The minimum absolute atomic E-state index is 0.00465. The fraction of sp³-hybridized carbons (Fsp3) is 0.833. The number of rotatable bonds is 6. The van der Waals surface area contributed by atoms with Crippen LogP contribution in [-0.4, -0.2) is 35.6 Å².